The molecule has 15 heteroatoms. The fourth-order valence-corrected chi connectivity index (χ4v) is 4.26. The van der Waals surface area contributed by atoms with Crippen LogP contribution >= 0.6 is 11.6 Å². The highest BCUT2D eigenvalue weighted by atomic mass is 35.5. The molecular weight excluding hydrogens is 662 g/mol. The summed E-state index contributed by atoms with van der Waals surface area (Å²) in [6.07, 6.45) is -4.66. The number of carbonyl (C=O) groups excluding carboxylic acids is 5. The van der Waals surface area contributed by atoms with E-state index in [-0.39, 0.29) is 28.2 Å². The summed E-state index contributed by atoms with van der Waals surface area (Å²) in [6.45, 7) is 0. The number of rotatable bonds is 12. The topological polar surface area (TPSA) is 196 Å². The van der Waals surface area contributed by atoms with Gasteiger partial charge in [0.05, 0.1) is 25.3 Å². The molecule has 0 aliphatic rings. The highest BCUT2D eigenvalue weighted by molar-refractivity contribution is 6.30. The van der Waals surface area contributed by atoms with Crippen LogP contribution in [0.15, 0.2) is 97.1 Å². The number of hydrogen-bond acceptors (Lipinski definition) is 10. The number of hydrogen-bond donors (Lipinski definition) is 4. The molecule has 0 spiro atoms. The van der Waals surface area contributed by atoms with E-state index in [1.54, 1.807) is 12.1 Å². The number of carboxylic acids is 1. The maximum Gasteiger partial charge on any atom is 0.349 e. The van der Waals surface area contributed by atoms with Gasteiger partial charge in [0.25, 0.3) is 17.7 Å². The van der Waals surface area contributed by atoms with Gasteiger partial charge in [0.15, 0.2) is 0 Å². The molecule has 0 saturated heterocycles. The number of aliphatic carboxylic acids is 1. The van der Waals surface area contributed by atoms with Crippen LogP contribution in [0.25, 0.3) is 0 Å². The highest BCUT2D eigenvalue weighted by Gasteiger charge is 2.41. The molecule has 0 heterocycles. The van der Waals surface area contributed by atoms with Crippen LogP contribution < -0.4 is 25.6 Å². The maximum atomic E-state index is 13.3. The number of anilines is 1. The van der Waals surface area contributed by atoms with E-state index in [1.807, 2.05) is 5.43 Å². The summed E-state index contributed by atoms with van der Waals surface area (Å²) in [5.41, 5.74) is 4.59. The number of halogens is 1. The Labute approximate surface area is 283 Å². The lowest BCUT2D eigenvalue weighted by Gasteiger charge is -2.23. The Morgan fingerprint density at radius 3 is 1.61 bits per heavy atom. The van der Waals surface area contributed by atoms with E-state index in [2.05, 4.69) is 10.7 Å². The van der Waals surface area contributed by atoms with Crippen LogP contribution in [0, 0.1) is 0 Å². The summed E-state index contributed by atoms with van der Waals surface area (Å²) < 4.78 is 20.5. The number of ether oxygens (including phenoxy) is 4. The van der Waals surface area contributed by atoms with Crippen molar-refractivity contribution in [2.24, 2.45) is 0 Å². The molecule has 252 valence electrons. The molecule has 0 aromatic heterocycles. The average Bonchev–Trinajstić information content (AvgIpc) is 3.12. The largest absolute Gasteiger partial charge is 0.497 e. The maximum absolute atomic E-state index is 13.3. The number of hydrazine groups is 1. The number of carboxylic acid groups (broad SMARTS) is 1. The summed E-state index contributed by atoms with van der Waals surface area (Å²) in [7, 11) is 2.71. The third-order valence-electron chi connectivity index (χ3n) is 6.67. The molecule has 4 rings (SSSR count). The van der Waals surface area contributed by atoms with E-state index in [0.29, 0.717) is 16.3 Å². The van der Waals surface area contributed by atoms with Crippen LogP contribution in [-0.4, -0.2) is 67.2 Å². The minimum Gasteiger partial charge on any atom is -0.497 e. The molecule has 3 amide bonds. The van der Waals surface area contributed by atoms with Crippen molar-refractivity contribution >= 4 is 52.9 Å². The monoisotopic (exact) mass is 689 g/mol. The molecule has 0 aliphatic carbocycles. The summed E-state index contributed by atoms with van der Waals surface area (Å²) in [5, 5.41) is 13.1. The van der Waals surface area contributed by atoms with E-state index in [9.17, 15) is 33.9 Å². The summed E-state index contributed by atoms with van der Waals surface area (Å²) in [6, 6.07) is 22.9. The zero-order valence-electron chi connectivity index (χ0n) is 25.8. The number of amides is 3. The zero-order chi connectivity index (χ0) is 35.5. The van der Waals surface area contributed by atoms with Crippen molar-refractivity contribution in [2.75, 3.05) is 19.5 Å². The minimum atomic E-state index is -2.37. The van der Waals surface area contributed by atoms with Gasteiger partial charge in [-0.1, -0.05) is 23.7 Å². The molecule has 2 atom stereocenters. The molecule has 0 unspecified atom stereocenters. The fraction of sp³-hybridized carbons (Fsp3) is 0.118. The van der Waals surface area contributed by atoms with Gasteiger partial charge in [-0.05, 0) is 84.9 Å². The molecule has 4 aromatic carbocycles. The second-order valence-corrected chi connectivity index (χ2v) is 10.4. The van der Waals surface area contributed by atoms with Gasteiger partial charge >= 0.3 is 17.9 Å². The average molecular weight is 690 g/mol. The molecular formula is C34H28ClN3O11. The summed E-state index contributed by atoms with van der Waals surface area (Å²) in [5.74, 6) is -6.27. The van der Waals surface area contributed by atoms with E-state index < -0.39 is 47.8 Å². The lowest BCUT2D eigenvalue weighted by atomic mass is 10.1. The Kier molecular flexibility index (Phi) is 11.9. The molecule has 0 saturated carbocycles. The van der Waals surface area contributed by atoms with Gasteiger partial charge in [-0.15, -0.1) is 0 Å². The smallest absolute Gasteiger partial charge is 0.349 e. The van der Waals surface area contributed by atoms with Crippen LogP contribution in [-0.2, 0) is 19.1 Å². The van der Waals surface area contributed by atoms with Gasteiger partial charge in [-0.3, -0.25) is 25.2 Å². The van der Waals surface area contributed by atoms with Crippen molar-refractivity contribution in [3.05, 3.63) is 124 Å². The predicted molar refractivity (Wildman–Crippen MR) is 173 cm³/mol. The van der Waals surface area contributed by atoms with E-state index >= 15 is 0 Å². The van der Waals surface area contributed by atoms with Crippen molar-refractivity contribution in [3.63, 3.8) is 0 Å². The Balaban J connectivity index is 1.49. The van der Waals surface area contributed by atoms with Crippen LogP contribution in [0.5, 0.6) is 11.5 Å². The second kappa shape index (κ2) is 16.4. The lowest BCUT2D eigenvalue weighted by molar-refractivity contribution is -0.159. The van der Waals surface area contributed by atoms with Gasteiger partial charge in [0.2, 0.25) is 12.2 Å². The Bertz CT molecular complexity index is 1860. The number of esters is 2. The summed E-state index contributed by atoms with van der Waals surface area (Å²) in [4.78, 5) is 76.9. The van der Waals surface area contributed by atoms with Crippen molar-refractivity contribution in [1.82, 2.24) is 10.9 Å². The first-order chi connectivity index (χ1) is 23.5. The van der Waals surface area contributed by atoms with Gasteiger partial charge < -0.3 is 29.4 Å². The number of benzene rings is 4. The molecule has 0 fully saturated rings. The molecule has 0 aliphatic heterocycles. The second-order valence-electron chi connectivity index (χ2n) is 9.94. The molecule has 49 heavy (non-hydrogen) atoms. The molecule has 0 bridgehead atoms. The van der Waals surface area contributed by atoms with E-state index in [1.165, 1.54) is 99.1 Å². The zero-order valence-corrected chi connectivity index (χ0v) is 26.6. The Morgan fingerprint density at radius 2 is 1.10 bits per heavy atom. The lowest BCUT2D eigenvalue weighted by Crippen LogP contribution is -2.54. The summed E-state index contributed by atoms with van der Waals surface area (Å²) >= 11 is 5.85. The van der Waals surface area contributed by atoms with Crippen LogP contribution in [0.4, 0.5) is 5.69 Å². The fourth-order valence-electron chi connectivity index (χ4n) is 4.13. The van der Waals surface area contributed by atoms with Crippen molar-refractivity contribution < 1.29 is 52.8 Å². The number of methoxy groups -OCH3 is 2. The van der Waals surface area contributed by atoms with Crippen molar-refractivity contribution in [2.45, 2.75) is 12.2 Å². The van der Waals surface area contributed by atoms with Crippen molar-refractivity contribution in [3.8, 4) is 11.5 Å². The van der Waals surface area contributed by atoms with E-state index in [0.717, 1.165) is 0 Å². The van der Waals surface area contributed by atoms with Gasteiger partial charge in [-0.2, -0.15) is 0 Å². The van der Waals surface area contributed by atoms with Crippen LogP contribution in [0.2, 0.25) is 5.02 Å². The third-order valence-corrected chi connectivity index (χ3v) is 6.92. The SMILES string of the molecule is COc1cccc(C(=O)O[C@H](C(=O)NNC(=O)c2ccc(NC(=O)c3ccc(Cl)cc3)cc2)[C@@H](OC(=O)c2cccc(OC)c2)C(=O)O)c1. The predicted octanol–water partition coefficient (Wildman–Crippen LogP) is 3.91. The normalized spacial score (nSPS) is 11.6. The number of carbonyl (C=O) groups is 6. The first-order valence-electron chi connectivity index (χ1n) is 14.2. The highest BCUT2D eigenvalue weighted by Crippen LogP contribution is 2.19. The number of nitrogens with one attached hydrogen (secondary N) is 3. The van der Waals surface area contributed by atoms with Gasteiger partial charge in [0, 0.05) is 21.8 Å². The minimum absolute atomic E-state index is 0.0222. The van der Waals surface area contributed by atoms with Crippen molar-refractivity contribution in [1.29, 1.82) is 0 Å². The Morgan fingerprint density at radius 1 is 0.612 bits per heavy atom. The molecule has 14 nitrogen and oxygen atoms in total. The first kappa shape index (κ1) is 35.4. The molecule has 4 aromatic rings. The molecule has 0 radical (unpaired) electrons. The van der Waals surface area contributed by atoms with Crippen LogP contribution in [0.1, 0.15) is 41.4 Å². The standard InChI is InChI=1S/C34H28ClN3O11/c1-46-25-7-3-5-21(17-25)33(44)48-27(28(32(42)43)49-34(45)22-6-4-8-26(18-22)47-2)31(41)38-37-30(40)20-11-15-24(16-12-20)36-29(39)19-9-13-23(35)14-10-19/h3-18,27-28H,1-2H3,(H,36,39)(H,37,40)(H,38,41)(H,42,43)/t27-,28+/m0/s1. The van der Waals surface area contributed by atoms with E-state index in [4.69, 9.17) is 30.5 Å². The Hall–Kier alpha value is -6.41. The van der Waals surface area contributed by atoms with Gasteiger partial charge in [0.1, 0.15) is 11.5 Å². The van der Waals surface area contributed by atoms with Crippen LogP contribution in [0.3, 0.4) is 0 Å². The quantitative estimate of drug-likeness (QED) is 0.124. The van der Waals surface area contributed by atoms with Gasteiger partial charge in [-0.25, -0.2) is 14.4 Å². The first-order valence-corrected chi connectivity index (χ1v) is 14.6. The third kappa shape index (κ3) is 9.56. The molecule has 4 N–H and O–H groups in total.